The van der Waals surface area contributed by atoms with Crippen LogP contribution in [-0.4, -0.2) is 21.6 Å². The fourth-order valence-electron chi connectivity index (χ4n) is 3.41. The number of rotatable bonds is 6. The van der Waals surface area contributed by atoms with Crippen molar-refractivity contribution in [2.75, 3.05) is 0 Å². The third kappa shape index (κ3) is 3.84. The molecule has 29 heavy (non-hydrogen) atoms. The minimum atomic E-state index is -0.471. The van der Waals surface area contributed by atoms with Crippen LogP contribution >= 0.6 is 0 Å². The summed E-state index contributed by atoms with van der Waals surface area (Å²) in [5.41, 5.74) is 5.18. The number of non-ortho nitro benzene ring substituents is 1. The van der Waals surface area contributed by atoms with Crippen LogP contribution in [0.4, 0.5) is 5.69 Å². The molecule has 0 unspecified atom stereocenters. The van der Waals surface area contributed by atoms with Crippen LogP contribution in [0.25, 0.3) is 21.8 Å². The van der Waals surface area contributed by atoms with Crippen molar-refractivity contribution in [3.8, 4) is 0 Å². The van der Waals surface area contributed by atoms with Crippen LogP contribution in [-0.2, 0) is 11.3 Å². The third-order valence-corrected chi connectivity index (χ3v) is 4.73. The molecule has 0 atom stereocenters. The van der Waals surface area contributed by atoms with Crippen LogP contribution in [0.15, 0.2) is 77.9 Å². The van der Waals surface area contributed by atoms with E-state index in [0.717, 1.165) is 21.8 Å². The molecule has 7 heteroatoms. The number of amides is 1. The third-order valence-electron chi connectivity index (χ3n) is 4.73. The van der Waals surface area contributed by atoms with E-state index < -0.39 is 4.92 Å². The molecule has 0 aliphatic heterocycles. The fraction of sp³-hybridized carbons (Fsp3) is 0.0909. The molecule has 4 aromatic rings. The lowest BCUT2D eigenvalue weighted by Crippen LogP contribution is -2.19. The van der Waals surface area contributed by atoms with Gasteiger partial charge in [0.15, 0.2) is 0 Å². The van der Waals surface area contributed by atoms with Gasteiger partial charge in [-0.3, -0.25) is 14.9 Å². The Morgan fingerprint density at radius 2 is 1.66 bits per heavy atom. The van der Waals surface area contributed by atoms with Crippen LogP contribution in [0, 0.1) is 10.1 Å². The van der Waals surface area contributed by atoms with Gasteiger partial charge in [-0.05, 0) is 12.1 Å². The molecular formula is C22H18N4O3. The number of carbonyl (C=O) groups excluding carboxylic acids is 1. The van der Waals surface area contributed by atoms with Crippen molar-refractivity contribution in [3.63, 3.8) is 0 Å². The highest BCUT2D eigenvalue weighted by molar-refractivity contribution is 6.08. The van der Waals surface area contributed by atoms with Crippen molar-refractivity contribution in [2.45, 2.75) is 13.0 Å². The summed E-state index contributed by atoms with van der Waals surface area (Å²) in [4.78, 5) is 22.6. The van der Waals surface area contributed by atoms with Crippen molar-refractivity contribution in [1.82, 2.24) is 9.99 Å². The SMILES string of the molecule is O=C(CCn1c2ccccc2c2ccccc21)N/N=C/c1cccc([N+](=O)[O-])c1. The van der Waals surface area contributed by atoms with Gasteiger partial charge in [0.05, 0.1) is 11.1 Å². The van der Waals surface area contributed by atoms with Crippen molar-refractivity contribution in [2.24, 2.45) is 5.10 Å². The van der Waals surface area contributed by atoms with E-state index in [9.17, 15) is 14.9 Å². The lowest BCUT2D eigenvalue weighted by atomic mass is 10.2. The second-order valence-electron chi connectivity index (χ2n) is 6.58. The number of aryl methyl sites for hydroxylation is 1. The van der Waals surface area contributed by atoms with Gasteiger partial charge < -0.3 is 4.57 Å². The van der Waals surface area contributed by atoms with Crippen LogP contribution in [0.3, 0.4) is 0 Å². The van der Waals surface area contributed by atoms with E-state index in [4.69, 9.17) is 0 Å². The number of carbonyl (C=O) groups is 1. The second-order valence-corrected chi connectivity index (χ2v) is 6.58. The van der Waals surface area contributed by atoms with Gasteiger partial charge in [0.1, 0.15) is 0 Å². The zero-order valence-electron chi connectivity index (χ0n) is 15.5. The highest BCUT2D eigenvalue weighted by Gasteiger charge is 2.10. The van der Waals surface area contributed by atoms with Crippen LogP contribution in [0.1, 0.15) is 12.0 Å². The maximum absolute atomic E-state index is 12.2. The predicted octanol–water partition coefficient (Wildman–Crippen LogP) is 4.24. The molecule has 0 saturated heterocycles. The van der Waals surface area contributed by atoms with Gasteiger partial charge in [0, 0.05) is 52.5 Å². The molecule has 144 valence electrons. The van der Waals surface area contributed by atoms with E-state index in [1.807, 2.05) is 36.4 Å². The van der Waals surface area contributed by atoms with E-state index in [0.29, 0.717) is 12.1 Å². The largest absolute Gasteiger partial charge is 0.340 e. The van der Waals surface area contributed by atoms with E-state index in [1.165, 1.54) is 18.3 Å². The number of para-hydroxylation sites is 2. The number of nitrogens with zero attached hydrogens (tertiary/aromatic N) is 3. The Kier molecular flexibility index (Phi) is 5.03. The molecule has 4 rings (SSSR count). The first kappa shape index (κ1) is 18.4. The molecule has 0 bridgehead atoms. The summed E-state index contributed by atoms with van der Waals surface area (Å²) in [5, 5.41) is 17.0. The number of nitro benzene ring substituents is 1. The summed E-state index contributed by atoms with van der Waals surface area (Å²) in [5.74, 6) is -0.228. The summed E-state index contributed by atoms with van der Waals surface area (Å²) in [6.07, 6.45) is 1.65. The normalized spacial score (nSPS) is 11.3. The van der Waals surface area contributed by atoms with Gasteiger partial charge in [0.25, 0.3) is 5.69 Å². The summed E-state index contributed by atoms with van der Waals surface area (Å²) >= 11 is 0. The van der Waals surface area contributed by atoms with Gasteiger partial charge in [-0.1, -0.05) is 48.5 Å². The molecule has 0 aliphatic rings. The van der Waals surface area contributed by atoms with Crippen molar-refractivity contribution >= 4 is 39.6 Å². The first-order valence-electron chi connectivity index (χ1n) is 9.16. The molecule has 0 fully saturated rings. The van der Waals surface area contributed by atoms with Gasteiger partial charge in [-0.2, -0.15) is 5.10 Å². The maximum atomic E-state index is 12.2. The Morgan fingerprint density at radius 1 is 1.00 bits per heavy atom. The Labute approximate surface area is 166 Å². The lowest BCUT2D eigenvalue weighted by molar-refractivity contribution is -0.384. The first-order chi connectivity index (χ1) is 14.1. The minimum absolute atomic E-state index is 0.0216. The van der Waals surface area contributed by atoms with Gasteiger partial charge in [-0.15, -0.1) is 0 Å². The number of fused-ring (bicyclic) bond motifs is 3. The number of nitro groups is 1. The van der Waals surface area contributed by atoms with E-state index in [2.05, 4.69) is 27.2 Å². The van der Waals surface area contributed by atoms with Gasteiger partial charge >= 0.3 is 0 Å². The molecule has 7 nitrogen and oxygen atoms in total. The molecule has 1 aromatic heterocycles. The maximum Gasteiger partial charge on any atom is 0.270 e. The van der Waals surface area contributed by atoms with Gasteiger partial charge in [-0.25, -0.2) is 5.43 Å². The molecule has 1 N–H and O–H groups in total. The standard InChI is InChI=1S/C22H18N4O3/c27-22(24-23-15-16-6-5-7-17(14-16)26(28)29)12-13-25-20-10-3-1-8-18(20)19-9-2-4-11-21(19)25/h1-11,14-15H,12-13H2,(H,24,27)/b23-15+. The number of benzene rings is 3. The molecule has 0 saturated carbocycles. The number of hydrazone groups is 1. The fourth-order valence-corrected chi connectivity index (χ4v) is 3.41. The second kappa shape index (κ2) is 7.93. The molecule has 0 radical (unpaired) electrons. The molecule has 0 spiro atoms. The van der Waals surface area contributed by atoms with E-state index >= 15 is 0 Å². The highest BCUT2D eigenvalue weighted by Crippen LogP contribution is 2.28. The topological polar surface area (TPSA) is 89.5 Å². The average molecular weight is 386 g/mol. The molecule has 3 aromatic carbocycles. The zero-order chi connectivity index (χ0) is 20.2. The first-order valence-corrected chi connectivity index (χ1v) is 9.16. The van der Waals surface area contributed by atoms with Crippen molar-refractivity contribution in [1.29, 1.82) is 0 Å². The highest BCUT2D eigenvalue weighted by atomic mass is 16.6. The number of aromatic nitrogens is 1. The Hall–Kier alpha value is -4.00. The summed E-state index contributed by atoms with van der Waals surface area (Å²) in [6, 6.07) is 22.3. The van der Waals surface area contributed by atoms with E-state index in [1.54, 1.807) is 12.1 Å². The molecule has 0 aliphatic carbocycles. The van der Waals surface area contributed by atoms with E-state index in [-0.39, 0.29) is 18.0 Å². The van der Waals surface area contributed by atoms with Crippen LogP contribution < -0.4 is 5.43 Å². The van der Waals surface area contributed by atoms with Gasteiger partial charge in [0.2, 0.25) is 5.91 Å². The Balaban J connectivity index is 1.45. The quantitative estimate of drug-likeness (QED) is 0.305. The zero-order valence-corrected chi connectivity index (χ0v) is 15.5. The molecular weight excluding hydrogens is 368 g/mol. The Bertz CT molecular complexity index is 1190. The summed E-state index contributed by atoms with van der Waals surface area (Å²) in [6.45, 7) is 0.520. The van der Waals surface area contributed by atoms with Crippen molar-refractivity contribution < 1.29 is 9.72 Å². The number of hydrogen-bond donors (Lipinski definition) is 1. The lowest BCUT2D eigenvalue weighted by Gasteiger charge is -2.06. The van der Waals surface area contributed by atoms with Crippen molar-refractivity contribution in [3.05, 3.63) is 88.5 Å². The molecule has 1 amide bonds. The Morgan fingerprint density at radius 3 is 2.31 bits per heavy atom. The number of hydrogen-bond acceptors (Lipinski definition) is 4. The summed E-state index contributed by atoms with van der Waals surface area (Å²) < 4.78 is 2.13. The monoisotopic (exact) mass is 386 g/mol. The number of nitrogens with one attached hydrogen (secondary N) is 1. The smallest absolute Gasteiger partial charge is 0.270 e. The van der Waals surface area contributed by atoms with Crippen LogP contribution in [0.5, 0.6) is 0 Å². The predicted molar refractivity (Wildman–Crippen MR) is 113 cm³/mol. The van der Waals surface area contributed by atoms with Crippen LogP contribution in [0.2, 0.25) is 0 Å². The average Bonchev–Trinajstić information content (AvgIpc) is 3.06. The summed E-state index contributed by atoms with van der Waals surface area (Å²) in [7, 11) is 0. The minimum Gasteiger partial charge on any atom is -0.340 e. The molecule has 1 heterocycles.